The molecular formula is C22H19FN2O. The van der Waals surface area contributed by atoms with E-state index in [0.717, 1.165) is 11.3 Å². The Morgan fingerprint density at radius 1 is 0.885 bits per heavy atom. The summed E-state index contributed by atoms with van der Waals surface area (Å²) >= 11 is 0. The number of nitrogens with zero attached hydrogens (tertiary/aromatic N) is 1. The van der Waals surface area contributed by atoms with E-state index in [4.69, 9.17) is 0 Å². The van der Waals surface area contributed by atoms with E-state index in [9.17, 15) is 9.18 Å². The molecule has 130 valence electrons. The van der Waals surface area contributed by atoms with Crippen LogP contribution in [-0.4, -0.2) is 6.03 Å². The molecule has 0 fully saturated rings. The van der Waals surface area contributed by atoms with Gasteiger partial charge in [0, 0.05) is 17.5 Å². The second kappa shape index (κ2) is 8.62. The van der Waals surface area contributed by atoms with Crippen molar-refractivity contribution in [3.05, 3.63) is 108 Å². The third-order valence-electron chi connectivity index (χ3n) is 3.87. The van der Waals surface area contributed by atoms with Crippen molar-refractivity contribution in [2.24, 2.45) is 0 Å². The van der Waals surface area contributed by atoms with E-state index >= 15 is 0 Å². The van der Waals surface area contributed by atoms with Crippen LogP contribution in [0.4, 0.5) is 14.9 Å². The van der Waals surface area contributed by atoms with Gasteiger partial charge in [0.05, 0.1) is 6.54 Å². The lowest BCUT2D eigenvalue weighted by Gasteiger charge is -2.22. The fourth-order valence-electron chi connectivity index (χ4n) is 2.55. The van der Waals surface area contributed by atoms with Crippen LogP contribution in [0.1, 0.15) is 11.1 Å². The Kier molecular flexibility index (Phi) is 5.78. The van der Waals surface area contributed by atoms with Gasteiger partial charge >= 0.3 is 6.03 Å². The standard InChI is InChI=1S/C22H19FN2O/c23-21-14-8-7-11-19(21)15-16-24-22(26)25(20-12-5-2-6-13-20)17-18-9-3-1-4-10-18/h1-16H,17H2,(H,24,26)/b16-15+. The lowest BCUT2D eigenvalue weighted by atomic mass is 10.2. The highest BCUT2D eigenvalue weighted by Crippen LogP contribution is 2.17. The number of benzene rings is 3. The number of urea groups is 1. The number of halogens is 1. The molecule has 0 aromatic heterocycles. The Bertz CT molecular complexity index is 879. The molecule has 4 heteroatoms. The second-order valence-electron chi connectivity index (χ2n) is 5.71. The Hall–Kier alpha value is -3.40. The maximum atomic E-state index is 13.7. The van der Waals surface area contributed by atoms with Gasteiger partial charge in [-0.15, -0.1) is 0 Å². The molecule has 0 atom stereocenters. The molecule has 0 saturated heterocycles. The zero-order valence-corrected chi connectivity index (χ0v) is 14.2. The summed E-state index contributed by atoms with van der Waals surface area (Å²) in [5, 5.41) is 2.72. The number of para-hydroxylation sites is 1. The first-order valence-corrected chi connectivity index (χ1v) is 8.32. The number of anilines is 1. The van der Waals surface area contributed by atoms with Gasteiger partial charge in [0.1, 0.15) is 5.82 Å². The Labute approximate surface area is 152 Å². The molecule has 0 aliphatic carbocycles. The summed E-state index contributed by atoms with van der Waals surface area (Å²) in [6, 6.07) is 25.3. The molecule has 3 nitrogen and oxygen atoms in total. The Balaban J connectivity index is 1.76. The lowest BCUT2D eigenvalue weighted by molar-refractivity contribution is 0.249. The van der Waals surface area contributed by atoms with Gasteiger partial charge in [-0.25, -0.2) is 9.18 Å². The molecule has 3 aromatic rings. The molecular weight excluding hydrogens is 327 g/mol. The first-order chi connectivity index (χ1) is 12.7. The molecule has 0 bridgehead atoms. The van der Waals surface area contributed by atoms with Crippen LogP contribution < -0.4 is 10.2 Å². The van der Waals surface area contributed by atoms with Crippen LogP contribution in [0.2, 0.25) is 0 Å². The average molecular weight is 346 g/mol. The van der Waals surface area contributed by atoms with Gasteiger partial charge in [0.2, 0.25) is 0 Å². The summed E-state index contributed by atoms with van der Waals surface area (Å²) < 4.78 is 13.7. The monoisotopic (exact) mass is 346 g/mol. The molecule has 3 rings (SSSR count). The van der Waals surface area contributed by atoms with Crippen LogP contribution in [0.25, 0.3) is 6.08 Å². The number of nitrogens with one attached hydrogen (secondary N) is 1. The van der Waals surface area contributed by atoms with Crippen molar-refractivity contribution in [3.8, 4) is 0 Å². The number of carbonyl (C=O) groups excluding carboxylic acids is 1. The zero-order chi connectivity index (χ0) is 18.2. The first-order valence-electron chi connectivity index (χ1n) is 8.32. The molecule has 0 radical (unpaired) electrons. The van der Waals surface area contributed by atoms with Gasteiger partial charge in [-0.3, -0.25) is 4.90 Å². The van der Waals surface area contributed by atoms with E-state index < -0.39 is 0 Å². The summed E-state index contributed by atoms with van der Waals surface area (Å²) in [5.74, 6) is -0.331. The van der Waals surface area contributed by atoms with Crippen molar-refractivity contribution in [2.75, 3.05) is 4.90 Å². The molecule has 2 amide bonds. The highest BCUT2D eigenvalue weighted by molar-refractivity contribution is 5.92. The predicted molar refractivity (Wildman–Crippen MR) is 103 cm³/mol. The number of amides is 2. The summed E-state index contributed by atoms with van der Waals surface area (Å²) in [5.41, 5.74) is 2.22. The normalized spacial score (nSPS) is 10.7. The van der Waals surface area contributed by atoms with E-state index in [2.05, 4.69) is 5.32 Å². The quantitative estimate of drug-likeness (QED) is 0.675. The van der Waals surface area contributed by atoms with Crippen molar-refractivity contribution in [3.63, 3.8) is 0 Å². The highest BCUT2D eigenvalue weighted by atomic mass is 19.1. The summed E-state index contributed by atoms with van der Waals surface area (Å²) in [7, 11) is 0. The third kappa shape index (κ3) is 4.57. The molecule has 0 unspecified atom stereocenters. The molecule has 0 aliphatic rings. The fraction of sp³-hybridized carbons (Fsp3) is 0.0455. The van der Waals surface area contributed by atoms with Crippen molar-refractivity contribution in [1.82, 2.24) is 5.32 Å². The first kappa shape index (κ1) is 17.4. The van der Waals surface area contributed by atoms with E-state index in [1.807, 2.05) is 60.7 Å². The minimum atomic E-state index is -0.331. The molecule has 1 N–H and O–H groups in total. The fourth-order valence-corrected chi connectivity index (χ4v) is 2.55. The van der Waals surface area contributed by atoms with Crippen molar-refractivity contribution in [1.29, 1.82) is 0 Å². The van der Waals surface area contributed by atoms with Gasteiger partial charge in [0.15, 0.2) is 0 Å². The summed E-state index contributed by atoms with van der Waals surface area (Å²) in [4.78, 5) is 14.3. The van der Waals surface area contributed by atoms with Crippen LogP contribution in [0.3, 0.4) is 0 Å². The smallest absolute Gasteiger partial charge is 0.314 e. The Morgan fingerprint density at radius 2 is 1.50 bits per heavy atom. The largest absolute Gasteiger partial charge is 0.326 e. The minimum Gasteiger partial charge on any atom is -0.314 e. The number of hydrogen-bond acceptors (Lipinski definition) is 1. The molecule has 26 heavy (non-hydrogen) atoms. The summed E-state index contributed by atoms with van der Waals surface area (Å²) in [6.45, 7) is 0.435. The van der Waals surface area contributed by atoms with Crippen molar-refractivity contribution < 1.29 is 9.18 Å². The predicted octanol–water partition coefficient (Wildman–Crippen LogP) is 5.21. The van der Waals surface area contributed by atoms with Crippen LogP contribution in [0, 0.1) is 5.82 Å². The maximum absolute atomic E-state index is 13.7. The molecule has 0 spiro atoms. The van der Waals surface area contributed by atoms with Crippen molar-refractivity contribution >= 4 is 17.8 Å². The molecule has 0 saturated carbocycles. The average Bonchev–Trinajstić information content (AvgIpc) is 2.69. The van der Waals surface area contributed by atoms with Gasteiger partial charge in [-0.05, 0) is 29.8 Å². The van der Waals surface area contributed by atoms with Crippen LogP contribution in [0.15, 0.2) is 91.1 Å². The molecule has 3 aromatic carbocycles. The highest BCUT2D eigenvalue weighted by Gasteiger charge is 2.14. The van der Waals surface area contributed by atoms with E-state index in [1.165, 1.54) is 12.3 Å². The SMILES string of the molecule is O=C(N/C=C/c1ccccc1F)N(Cc1ccccc1)c1ccccc1. The number of carbonyl (C=O) groups is 1. The van der Waals surface area contributed by atoms with Crippen LogP contribution >= 0.6 is 0 Å². The number of rotatable bonds is 5. The lowest BCUT2D eigenvalue weighted by Crippen LogP contribution is -2.37. The van der Waals surface area contributed by atoms with E-state index in [0.29, 0.717) is 12.1 Å². The third-order valence-corrected chi connectivity index (χ3v) is 3.87. The zero-order valence-electron chi connectivity index (χ0n) is 14.2. The van der Waals surface area contributed by atoms with Gasteiger partial charge in [-0.2, -0.15) is 0 Å². The van der Waals surface area contributed by atoms with E-state index in [1.54, 1.807) is 29.2 Å². The topological polar surface area (TPSA) is 32.3 Å². The van der Waals surface area contributed by atoms with Gasteiger partial charge in [-0.1, -0.05) is 66.7 Å². The maximum Gasteiger partial charge on any atom is 0.326 e. The van der Waals surface area contributed by atoms with Crippen LogP contribution in [0.5, 0.6) is 0 Å². The van der Waals surface area contributed by atoms with Crippen LogP contribution in [-0.2, 0) is 6.54 Å². The molecule has 0 heterocycles. The second-order valence-corrected chi connectivity index (χ2v) is 5.71. The Morgan fingerprint density at radius 3 is 2.19 bits per heavy atom. The van der Waals surface area contributed by atoms with E-state index in [-0.39, 0.29) is 11.8 Å². The number of hydrogen-bond donors (Lipinski definition) is 1. The van der Waals surface area contributed by atoms with Crippen molar-refractivity contribution in [2.45, 2.75) is 6.54 Å². The molecule has 0 aliphatic heterocycles. The van der Waals surface area contributed by atoms with Gasteiger partial charge in [0.25, 0.3) is 0 Å². The van der Waals surface area contributed by atoms with Gasteiger partial charge < -0.3 is 5.32 Å². The minimum absolute atomic E-state index is 0.285. The summed E-state index contributed by atoms with van der Waals surface area (Å²) in [6.07, 6.45) is 3.00.